The number of methoxy groups -OCH3 is 1. The Morgan fingerprint density at radius 3 is 2.44 bits per heavy atom. The summed E-state index contributed by atoms with van der Waals surface area (Å²) >= 11 is 6.52. The van der Waals surface area contributed by atoms with Gasteiger partial charge in [0.05, 0.1) is 30.4 Å². The molecule has 2 fully saturated rings. The highest BCUT2D eigenvalue weighted by atomic mass is 35.5. The van der Waals surface area contributed by atoms with E-state index in [1.165, 1.54) is 37.1 Å². The van der Waals surface area contributed by atoms with Crippen molar-refractivity contribution in [3.8, 4) is 5.75 Å². The fourth-order valence-corrected chi connectivity index (χ4v) is 7.70. The van der Waals surface area contributed by atoms with E-state index in [2.05, 4.69) is 70.8 Å². The lowest BCUT2D eigenvalue weighted by Crippen LogP contribution is -2.44. The Labute approximate surface area is 273 Å². The number of hydrogen-bond donors (Lipinski definition) is 3. The minimum absolute atomic E-state index is 0.275. The number of para-hydroxylation sites is 1. The molecular weight excluding hydrogens is 605 g/mol. The number of nitrogens with one attached hydrogen (secondary N) is 3. The monoisotopic (exact) mass is 649 g/mol. The largest absolute Gasteiger partial charge is 0.494 e. The smallest absolute Gasteiger partial charge is 0.247 e. The van der Waals surface area contributed by atoms with Gasteiger partial charge in [0, 0.05) is 30.9 Å². The van der Waals surface area contributed by atoms with E-state index in [1.54, 1.807) is 13.3 Å². The highest BCUT2D eigenvalue weighted by Crippen LogP contribution is 2.47. The predicted octanol–water partition coefficient (Wildman–Crippen LogP) is 7.21. The van der Waals surface area contributed by atoms with Crippen LogP contribution in [0.5, 0.6) is 5.75 Å². The number of anilines is 6. The molecule has 240 valence electrons. The highest BCUT2D eigenvalue weighted by molar-refractivity contribution is 7.64. The summed E-state index contributed by atoms with van der Waals surface area (Å²) in [5.74, 6) is 1.18. The van der Waals surface area contributed by atoms with Crippen molar-refractivity contribution in [2.45, 2.75) is 44.6 Å². The van der Waals surface area contributed by atoms with Crippen molar-refractivity contribution in [2.75, 3.05) is 68.5 Å². The van der Waals surface area contributed by atoms with Gasteiger partial charge in [0.2, 0.25) is 11.9 Å². The second-order valence-corrected chi connectivity index (χ2v) is 15.2. The van der Waals surface area contributed by atoms with E-state index in [-0.39, 0.29) is 13.8 Å². The van der Waals surface area contributed by atoms with E-state index in [1.807, 2.05) is 30.3 Å². The predicted molar refractivity (Wildman–Crippen MR) is 190 cm³/mol. The molecule has 1 spiro atoms. The molecule has 0 atom stereocenters. The molecule has 0 radical (unpaired) electrons. The third-order valence-corrected chi connectivity index (χ3v) is 10.9. The van der Waals surface area contributed by atoms with Crippen LogP contribution >= 0.6 is 19.5 Å². The van der Waals surface area contributed by atoms with Crippen molar-refractivity contribution in [3.63, 3.8) is 0 Å². The second-order valence-electron chi connectivity index (χ2n) is 12.5. The Hall–Kier alpha value is -3.39. The Balaban J connectivity index is 1.39. The highest BCUT2D eigenvalue weighted by Gasteiger charge is 2.39. The third kappa shape index (κ3) is 7.71. The molecule has 11 heteroatoms. The standard InChI is InChI=1S/C34H45ClN7O2P/c1-7-31(43)37-26-20-27(39-33-36-22-24(35)32(40-33)38-25-10-8-9-11-30(25)45(5)6)29(44-4)21-28(26)42-18-16-34(17-19-42)14-12-23(13-15-34)41(2)3/h7-11,20-23H,1,12-19H2,2-6H3,(H,37,43)(H2,36,38,39,40). The molecule has 0 bridgehead atoms. The van der Waals surface area contributed by atoms with Crippen LogP contribution in [-0.4, -0.2) is 74.4 Å². The maximum absolute atomic E-state index is 12.5. The lowest BCUT2D eigenvalue weighted by Gasteiger charge is -2.47. The first-order valence-electron chi connectivity index (χ1n) is 15.5. The number of carbonyl (C=O) groups excluding carboxylic acids is 1. The van der Waals surface area contributed by atoms with Gasteiger partial charge in [0.15, 0.2) is 5.82 Å². The van der Waals surface area contributed by atoms with E-state index in [0.29, 0.717) is 45.4 Å². The van der Waals surface area contributed by atoms with Crippen molar-refractivity contribution >= 4 is 65.2 Å². The van der Waals surface area contributed by atoms with Gasteiger partial charge >= 0.3 is 0 Å². The van der Waals surface area contributed by atoms with Gasteiger partial charge in [0.1, 0.15) is 10.8 Å². The van der Waals surface area contributed by atoms with Crippen molar-refractivity contribution < 1.29 is 9.53 Å². The molecular formula is C34H45ClN7O2P. The van der Waals surface area contributed by atoms with Gasteiger partial charge in [-0.25, -0.2) is 4.98 Å². The molecule has 45 heavy (non-hydrogen) atoms. The van der Waals surface area contributed by atoms with Crippen molar-refractivity contribution in [2.24, 2.45) is 5.41 Å². The summed E-state index contributed by atoms with van der Waals surface area (Å²) in [5.41, 5.74) is 3.60. The fraction of sp³-hybridized carbons (Fsp3) is 0.441. The first-order chi connectivity index (χ1) is 21.6. The third-order valence-electron chi connectivity index (χ3n) is 9.30. The van der Waals surface area contributed by atoms with E-state index in [0.717, 1.165) is 37.3 Å². The number of halogens is 1. The number of rotatable bonds is 10. The molecule has 1 aromatic heterocycles. The van der Waals surface area contributed by atoms with Gasteiger partial charge in [-0.05, 0) is 94.9 Å². The maximum Gasteiger partial charge on any atom is 0.247 e. The Bertz CT molecular complexity index is 1510. The summed E-state index contributed by atoms with van der Waals surface area (Å²) in [6, 6.07) is 12.7. The summed E-state index contributed by atoms with van der Waals surface area (Å²) in [7, 11) is 5.69. The molecule has 2 heterocycles. The molecule has 1 aliphatic heterocycles. The van der Waals surface area contributed by atoms with Crippen molar-refractivity contribution in [3.05, 3.63) is 60.3 Å². The SMILES string of the molecule is C=CC(=O)Nc1cc(Nc2ncc(Cl)c(Nc3ccccc3P(C)C)n2)c(OC)cc1N1CCC2(CCC(N(C)C)CC2)CC1. The van der Waals surface area contributed by atoms with Gasteiger partial charge in [-0.15, -0.1) is 0 Å². The Morgan fingerprint density at radius 1 is 1.09 bits per heavy atom. The molecule has 0 unspecified atom stereocenters. The van der Waals surface area contributed by atoms with Crippen LogP contribution < -0.4 is 30.9 Å². The molecule has 9 nitrogen and oxygen atoms in total. The van der Waals surface area contributed by atoms with E-state index < -0.39 is 0 Å². The quantitative estimate of drug-likeness (QED) is 0.157. The summed E-state index contributed by atoms with van der Waals surface area (Å²) < 4.78 is 5.85. The lowest BCUT2D eigenvalue weighted by atomic mass is 9.66. The van der Waals surface area contributed by atoms with Crippen LogP contribution in [0.15, 0.2) is 55.3 Å². The lowest BCUT2D eigenvalue weighted by molar-refractivity contribution is -0.111. The van der Waals surface area contributed by atoms with Crippen LogP contribution in [0.4, 0.5) is 34.5 Å². The minimum atomic E-state index is -0.336. The first-order valence-corrected chi connectivity index (χ1v) is 18.1. The number of benzene rings is 2. The number of carbonyl (C=O) groups is 1. The molecule has 1 saturated carbocycles. The summed E-state index contributed by atoms with van der Waals surface area (Å²) in [5, 5.41) is 11.3. The zero-order valence-electron chi connectivity index (χ0n) is 27.0. The van der Waals surface area contributed by atoms with E-state index >= 15 is 0 Å². The van der Waals surface area contributed by atoms with Crippen molar-refractivity contribution in [1.29, 1.82) is 0 Å². The number of hydrogen-bond acceptors (Lipinski definition) is 8. The summed E-state index contributed by atoms with van der Waals surface area (Å²) in [4.78, 5) is 26.4. The van der Waals surface area contributed by atoms with Gasteiger partial charge < -0.3 is 30.5 Å². The number of nitrogens with zero attached hydrogens (tertiary/aromatic N) is 4. The molecule has 5 rings (SSSR count). The topological polar surface area (TPSA) is 94.6 Å². The van der Waals surface area contributed by atoms with Crippen LogP contribution in [0.3, 0.4) is 0 Å². The normalized spacial score (nSPS) is 16.6. The van der Waals surface area contributed by atoms with Gasteiger partial charge in [-0.1, -0.05) is 44.3 Å². The summed E-state index contributed by atoms with van der Waals surface area (Å²) in [6.45, 7) is 9.93. The molecule has 1 amide bonds. The van der Waals surface area contributed by atoms with E-state index in [4.69, 9.17) is 21.3 Å². The minimum Gasteiger partial charge on any atom is -0.494 e. The second kappa shape index (κ2) is 14.4. The Morgan fingerprint density at radius 2 is 1.80 bits per heavy atom. The number of ether oxygens (including phenoxy) is 1. The molecule has 3 N–H and O–H groups in total. The summed E-state index contributed by atoms with van der Waals surface area (Å²) in [6.07, 6.45) is 10.2. The van der Waals surface area contributed by atoms with Gasteiger partial charge in [-0.3, -0.25) is 4.79 Å². The molecule has 1 aliphatic carbocycles. The number of amides is 1. The van der Waals surface area contributed by atoms with Crippen LogP contribution in [0.2, 0.25) is 5.02 Å². The van der Waals surface area contributed by atoms with Crippen LogP contribution in [-0.2, 0) is 4.79 Å². The Kier molecular flexibility index (Phi) is 10.5. The molecule has 2 aliphatic rings. The fourth-order valence-electron chi connectivity index (χ4n) is 6.57. The van der Waals surface area contributed by atoms with Crippen LogP contribution in [0.1, 0.15) is 38.5 Å². The van der Waals surface area contributed by atoms with Gasteiger partial charge in [0.25, 0.3) is 0 Å². The average molecular weight is 650 g/mol. The first kappa shape index (κ1) is 33.0. The molecule has 2 aromatic carbocycles. The van der Waals surface area contributed by atoms with Crippen LogP contribution in [0, 0.1) is 5.41 Å². The van der Waals surface area contributed by atoms with Crippen LogP contribution in [0.25, 0.3) is 0 Å². The van der Waals surface area contributed by atoms with Gasteiger partial charge in [-0.2, -0.15) is 4.98 Å². The number of piperidine rings is 1. The number of aromatic nitrogens is 2. The van der Waals surface area contributed by atoms with Crippen molar-refractivity contribution in [1.82, 2.24) is 14.9 Å². The zero-order chi connectivity index (χ0) is 32.1. The molecule has 1 saturated heterocycles. The maximum atomic E-state index is 12.5. The average Bonchev–Trinajstić information content (AvgIpc) is 3.03. The zero-order valence-corrected chi connectivity index (χ0v) is 28.6. The van der Waals surface area contributed by atoms with E-state index in [9.17, 15) is 4.79 Å². The molecule has 3 aromatic rings.